The van der Waals surface area contributed by atoms with Crippen LogP contribution in [0.3, 0.4) is 0 Å². The van der Waals surface area contributed by atoms with Crippen LogP contribution in [-0.2, 0) is 20.2 Å². The molecule has 0 aromatic heterocycles. The van der Waals surface area contributed by atoms with Crippen LogP contribution in [0.4, 0.5) is 26.3 Å². The zero-order chi connectivity index (χ0) is 19.2. The van der Waals surface area contributed by atoms with Gasteiger partial charge in [0, 0.05) is 0 Å². The number of hydrogen-bond donors (Lipinski definition) is 0. The summed E-state index contributed by atoms with van der Waals surface area (Å²) >= 11 is 0. The van der Waals surface area contributed by atoms with Crippen LogP contribution in [-0.4, -0.2) is 37.8 Å². The summed E-state index contributed by atoms with van der Waals surface area (Å²) in [4.78, 5) is 0. The maximum absolute atomic E-state index is 13.4. The molecule has 0 N–H and O–H groups in total. The van der Waals surface area contributed by atoms with Crippen LogP contribution in [0.25, 0.3) is 0 Å². The molecule has 0 unspecified atom stereocenters. The Morgan fingerprint density at radius 3 is 1.67 bits per heavy atom. The molecule has 0 aliphatic carbocycles. The van der Waals surface area contributed by atoms with Gasteiger partial charge in [-0.2, -0.15) is 34.8 Å². The van der Waals surface area contributed by atoms with Crippen molar-refractivity contribution in [2.24, 2.45) is 0 Å². The fraction of sp³-hybridized carbons (Fsp3) is 0.400. The molecule has 0 bridgehead atoms. The van der Waals surface area contributed by atoms with Gasteiger partial charge in [0.15, 0.2) is 10.1 Å². The highest BCUT2D eigenvalue weighted by Crippen LogP contribution is 2.50. The summed E-state index contributed by atoms with van der Waals surface area (Å²) in [7, 11) is -14.1. The maximum atomic E-state index is 13.4. The topological polar surface area (TPSA) is 101 Å². The molecule has 1 aromatic carbocycles. The molecule has 0 aliphatic rings. The van der Waals surface area contributed by atoms with Crippen molar-refractivity contribution in [2.75, 3.05) is 0 Å². The first-order chi connectivity index (χ1) is 10.5. The number of hydrogen-bond acceptors (Lipinski definition) is 6. The Morgan fingerprint density at radius 2 is 1.29 bits per heavy atom. The van der Waals surface area contributed by atoms with Gasteiger partial charge < -0.3 is 8.74 Å². The molecule has 14 heteroatoms. The molecule has 6 nitrogen and oxygen atoms in total. The van der Waals surface area contributed by atoms with Crippen LogP contribution >= 0.6 is 0 Å². The van der Waals surface area contributed by atoms with Crippen LogP contribution in [0.15, 0.2) is 24.3 Å². The third-order valence-electron chi connectivity index (χ3n) is 2.59. The van der Waals surface area contributed by atoms with Crippen LogP contribution in [0.2, 0.25) is 0 Å². The van der Waals surface area contributed by atoms with Crippen LogP contribution in [0.1, 0.15) is 5.56 Å². The summed E-state index contributed by atoms with van der Waals surface area (Å²) in [6.07, 6.45) is 0. The smallest absolute Gasteiger partial charge is 0.450 e. The molecule has 0 saturated heterocycles. The third kappa shape index (κ3) is 3.17. The average Bonchev–Trinajstić information content (AvgIpc) is 2.39. The number of benzene rings is 1. The second-order valence-electron chi connectivity index (χ2n) is 4.41. The number of halogens is 6. The van der Waals surface area contributed by atoms with Crippen molar-refractivity contribution >= 4 is 20.2 Å². The van der Waals surface area contributed by atoms with E-state index in [1.54, 1.807) is 0 Å². The van der Waals surface area contributed by atoms with E-state index in [2.05, 4.69) is 4.18 Å². The van der Waals surface area contributed by atoms with Crippen molar-refractivity contribution in [1.29, 1.82) is 0 Å². The first-order valence-electron chi connectivity index (χ1n) is 5.57. The predicted molar refractivity (Wildman–Crippen MR) is 65.3 cm³/mol. The first-order valence-corrected chi connectivity index (χ1v) is 8.38. The second-order valence-corrected chi connectivity index (χ2v) is 7.42. The minimum atomic E-state index is -7.32. The molecule has 0 heterocycles. The van der Waals surface area contributed by atoms with Crippen LogP contribution in [0, 0.1) is 6.92 Å². The van der Waals surface area contributed by atoms with E-state index in [1.807, 2.05) is 0 Å². The fourth-order valence-corrected chi connectivity index (χ4v) is 2.67. The second kappa shape index (κ2) is 5.77. The molecule has 0 aliphatic heterocycles. The standard InChI is InChI=1S/C10H8F6O6S2/c1-6-2-4-7(5-3-6)22-24(20,21)10(15,16)8(11,12)9(13,14)23(17,18)19/h2-5H,1H3,(H,17,18,19)/p-1. The monoisotopic (exact) mass is 401 g/mol. The zero-order valence-electron chi connectivity index (χ0n) is 11.3. The van der Waals surface area contributed by atoms with Crippen LogP contribution in [0.5, 0.6) is 5.75 Å². The Bertz CT molecular complexity index is 816. The highest BCUT2D eigenvalue weighted by atomic mass is 32.2. The van der Waals surface area contributed by atoms with E-state index in [1.165, 1.54) is 6.92 Å². The largest absolute Gasteiger partial charge is 0.743 e. The summed E-state index contributed by atoms with van der Waals surface area (Å²) in [6.45, 7) is 1.49. The average molecular weight is 401 g/mol. The van der Waals surface area contributed by atoms with E-state index in [9.17, 15) is 47.7 Å². The van der Waals surface area contributed by atoms with E-state index in [-0.39, 0.29) is 0 Å². The van der Waals surface area contributed by atoms with E-state index in [4.69, 9.17) is 0 Å². The highest BCUT2D eigenvalue weighted by molar-refractivity contribution is 7.88. The zero-order valence-corrected chi connectivity index (χ0v) is 13.0. The Hall–Kier alpha value is -1.54. The highest BCUT2D eigenvalue weighted by Gasteiger charge is 2.81. The predicted octanol–water partition coefficient (Wildman–Crippen LogP) is 2.07. The van der Waals surface area contributed by atoms with Crippen molar-refractivity contribution in [3.8, 4) is 5.75 Å². The molecule has 1 rings (SSSR count). The molecule has 0 radical (unpaired) electrons. The molecular formula is C10H7F6O6S2-. The molecule has 0 fully saturated rings. The summed E-state index contributed by atoms with van der Waals surface area (Å²) < 4.78 is 135. The molecule has 0 saturated carbocycles. The summed E-state index contributed by atoms with van der Waals surface area (Å²) in [6, 6.07) is 3.75. The molecule has 0 atom stereocenters. The summed E-state index contributed by atoms with van der Waals surface area (Å²) in [5.41, 5.74) is 0.487. The van der Waals surface area contributed by atoms with Gasteiger partial charge >= 0.3 is 26.5 Å². The fourth-order valence-electron chi connectivity index (χ4n) is 1.26. The van der Waals surface area contributed by atoms with Gasteiger partial charge in [0.25, 0.3) is 0 Å². The normalized spacial score (nSPS) is 14.5. The lowest BCUT2D eigenvalue weighted by molar-refractivity contribution is -0.247. The number of rotatable bonds is 6. The third-order valence-corrected chi connectivity index (χ3v) is 4.77. The Labute approximate surface area is 131 Å². The van der Waals surface area contributed by atoms with Gasteiger partial charge in [0.1, 0.15) is 5.75 Å². The quantitative estimate of drug-likeness (QED) is 0.411. The SMILES string of the molecule is Cc1ccc(OS(=O)(=O)C(F)(F)C(F)(F)C(F)(F)S(=O)(=O)[O-])cc1. The lowest BCUT2D eigenvalue weighted by atomic mass is 10.2. The van der Waals surface area contributed by atoms with Gasteiger partial charge in [-0.05, 0) is 19.1 Å². The minimum absolute atomic E-state index is 0.487. The first kappa shape index (κ1) is 20.5. The van der Waals surface area contributed by atoms with Gasteiger partial charge in [-0.3, -0.25) is 0 Å². The van der Waals surface area contributed by atoms with E-state index < -0.39 is 42.4 Å². The summed E-state index contributed by atoms with van der Waals surface area (Å²) in [5, 5.41) is -13.6. The molecule has 0 spiro atoms. The van der Waals surface area contributed by atoms with Crippen LogP contribution < -0.4 is 4.18 Å². The number of alkyl halides is 6. The maximum Gasteiger partial charge on any atom is 0.450 e. The molecule has 24 heavy (non-hydrogen) atoms. The molecule has 0 amide bonds. The molecular weight excluding hydrogens is 394 g/mol. The molecule has 138 valence electrons. The van der Waals surface area contributed by atoms with Crippen molar-refractivity contribution in [1.82, 2.24) is 0 Å². The lowest BCUT2D eigenvalue weighted by Gasteiger charge is -2.32. The van der Waals surface area contributed by atoms with Crippen molar-refractivity contribution in [2.45, 2.75) is 23.4 Å². The van der Waals surface area contributed by atoms with Gasteiger partial charge in [0.05, 0.1) is 0 Å². The lowest BCUT2D eigenvalue weighted by Crippen LogP contribution is -2.61. The molecule has 1 aromatic rings. The van der Waals surface area contributed by atoms with Crippen molar-refractivity contribution in [3.63, 3.8) is 0 Å². The van der Waals surface area contributed by atoms with Crippen molar-refractivity contribution in [3.05, 3.63) is 29.8 Å². The Morgan fingerprint density at radius 1 is 0.875 bits per heavy atom. The van der Waals surface area contributed by atoms with Gasteiger partial charge in [0.2, 0.25) is 0 Å². The van der Waals surface area contributed by atoms with E-state index in [0.717, 1.165) is 24.3 Å². The van der Waals surface area contributed by atoms with Crippen molar-refractivity contribution < 1.29 is 51.9 Å². The van der Waals surface area contributed by atoms with Gasteiger partial charge in [-0.15, -0.1) is 0 Å². The van der Waals surface area contributed by atoms with E-state index >= 15 is 0 Å². The minimum Gasteiger partial charge on any atom is -0.743 e. The summed E-state index contributed by atoms with van der Waals surface area (Å²) in [5.74, 6) is -8.02. The number of aryl methyl sites for hydroxylation is 1. The Kier molecular flexibility index (Phi) is 4.93. The van der Waals surface area contributed by atoms with Gasteiger partial charge in [-0.1, -0.05) is 17.7 Å². The van der Waals surface area contributed by atoms with E-state index in [0.29, 0.717) is 5.56 Å². The van der Waals surface area contributed by atoms with Gasteiger partial charge in [-0.25, -0.2) is 8.42 Å². The Balaban J connectivity index is 3.37.